The zero-order chi connectivity index (χ0) is 12.9. The summed E-state index contributed by atoms with van der Waals surface area (Å²) in [5.41, 5.74) is -0.127. The molecule has 1 aliphatic rings. The smallest absolute Gasteiger partial charge is 0.380 e. The summed E-state index contributed by atoms with van der Waals surface area (Å²) in [5.74, 6) is 0.473. The lowest BCUT2D eigenvalue weighted by Gasteiger charge is -2.37. The van der Waals surface area contributed by atoms with Crippen LogP contribution in [0.25, 0.3) is 0 Å². The molecule has 1 fully saturated rings. The van der Waals surface area contributed by atoms with Gasteiger partial charge in [0.15, 0.2) is 0 Å². The van der Waals surface area contributed by atoms with Gasteiger partial charge in [0, 0.05) is 27.2 Å². The Balaban J connectivity index is 2.61. The van der Waals surface area contributed by atoms with E-state index in [-0.39, 0.29) is 11.8 Å². The molecule has 6 heteroatoms. The summed E-state index contributed by atoms with van der Waals surface area (Å²) in [4.78, 5) is 0. The van der Waals surface area contributed by atoms with Crippen molar-refractivity contribution in [3.05, 3.63) is 0 Å². The highest BCUT2D eigenvalue weighted by atomic mass is 28.4. The fraction of sp³-hybridized carbons (Fsp3) is 1.00. The summed E-state index contributed by atoms with van der Waals surface area (Å²) >= 11 is 0. The molecule has 0 spiro atoms. The minimum Gasteiger partial charge on any atom is -0.380 e. The molecule has 0 aromatic heterocycles. The molecule has 1 rings (SSSR count). The van der Waals surface area contributed by atoms with E-state index in [2.05, 4.69) is 6.92 Å². The molecule has 0 bridgehead atoms. The van der Waals surface area contributed by atoms with Crippen molar-refractivity contribution >= 4 is 8.80 Å². The van der Waals surface area contributed by atoms with E-state index in [1.54, 1.807) is 21.3 Å². The van der Waals surface area contributed by atoms with Crippen molar-refractivity contribution in [1.82, 2.24) is 0 Å². The van der Waals surface area contributed by atoms with Crippen LogP contribution in [0.5, 0.6) is 0 Å². The molecule has 0 aliphatic carbocycles. The van der Waals surface area contributed by atoms with Crippen LogP contribution in [0.15, 0.2) is 0 Å². The largest absolute Gasteiger partial charge is 0.530 e. The number of hydrogen-bond acceptors (Lipinski definition) is 5. The van der Waals surface area contributed by atoms with Gasteiger partial charge in [0.2, 0.25) is 0 Å². The van der Waals surface area contributed by atoms with Crippen molar-refractivity contribution < 1.29 is 22.8 Å². The fourth-order valence-corrected chi connectivity index (χ4v) is 4.14. The summed E-state index contributed by atoms with van der Waals surface area (Å²) in [6.45, 7) is 5.67. The van der Waals surface area contributed by atoms with Gasteiger partial charge in [-0.25, -0.2) is 0 Å². The molecule has 0 amide bonds. The van der Waals surface area contributed by atoms with Gasteiger partial charge in [-0.2, -0.15) is 0 Å². The topological polar surface area (TPSA) is 46.2 Å². The summed E-state index contributed by atoms with van der Waals surface area (Å²) in [5, 5.41) is 0. The average molecular weight is 264 g/mol. The summed E-state index contributed by atoms with van der Waals surface area (Å²) in [6.07, 6.45) is 0.945. The van der Waals surface area contributed by atoms with E-state index >= 15 is 0 Å². The third-order valence-corrected chi connectivity index (χ3v) is 6.37. The van der Waals surface area contributed by atoms with Crippen LogP contribution >= 0.6 is 0 Å². The van der Waals surface area contributed by atoms with Crippen molar-refractivity contribution in [3.63, 3.8) is 0 Å². The molecule has 1 saturated heterocycles. The Morgan fingerprint density at radius 3 is 2.00 bits per heavy atom. The van der Waals surface area contributed by atoms with Gasteiger partial charge in [-0.3, -0.25) is 0 Å². The van der Waals surface area contributed by atoms with Crippen LogP contribution in [0.3, 0.4) is 0 Å². The van der Waals surface area contributed by atoms with Gasteiger partial charge in [0.25, 0.3) is 0 Å². The SMILES string of the molecule is CCC(OC(C)C1COC1)[Si](OC)(OC)OC. The Morgan fingerprint density at radius 2 is 1.71 bits per heavy atom. The maximum atomic E-state index is 6.05. The van der Waals surface area contributed by atoms with Crippen molar-refractivity contribution in [2.45, 2.75) is 32.1 Å². The van der Waals surface area contributed by atoms with Crippen molar-refractivity contribution in [1.29, 1.82) is 0 Å². The van der Waals surface area contributed by atoms with Crippen LogP contribution in [0.1, 0.15) is 20.3 Å². The Hall–Kier alpha value is 0.0169. The van der Waals surface area contributed by atoms with E-state index in [0.29, 0.717) is 5.92 Å². The second-order valence-corrected chi connectivity index (χ2v) is 7.33. The van der Waals surface area contributed by atoms with E-state index in [4.69, 9.17) is 22.8 Å². The zero-order valence-electron chi connectivity index (χ0n) is 11.4. The monoisotopic (exact) mass is 264 g/mol. The minimum absolute atomic E-state index is 0.127. The quantitative estimate of drug-likeness (QED) is 0.617. The first-order valence-electron chi connectivity index (χ1n) is 6.02. The first kappa shape index (κ1) is 15.1. The predicted molar refractivity (Wildman–Crippen MR) is 65.7 cm³/mol. The van der Waals surface area contributed by atoms with E-state index in [0.717, 1.165) is 19.6 Å². The number of ether oxygens (including phenoxy) is 2. The summed E-state index contributed by atoms with van der Waals surface area (Å²) in [7, 11) is 2.13. The van der Waals surface area contributed by atoms with Gasteiger partial charge in [-0.1, -0.05) is 6.92 Å². The van der Waals surface area contributed by atoms with Gasteiger partial charge in [-0.05, 0) is 13.3 Å². The van der Waals surface area contributed by atoms with Gasteiger partial charge in [-0.15, -0.1) is 0 Å². The standard InChI is InChI=1S/C11H24O5Si/c1-6-11(17(12-3,13-4)14-5)16-9(2)10-7-15-8-10/h9-11H,6-8H2,1-5H3. The minimum atomic E-state index is -2.71. The first-order valence-corrected chi connectivity index (χ1v) is 7.82. The van der Waals surface area contributed by atoms with Crippen LogP contribution in [-0.4, -0.2) is 55.2 Å². The highest BCUT2D eigenvalue weighted by Gasteiger charge is 2.49. The zero-order valence-corrected chi connectivity index (χ0v) is 12.4. The molecule has 17 heavy (non-hydrogen) atoms. The normalized spacial score (nSPS) is 21.0. The summed E-state index contributed by atoms with van der Waals surface area (Å²) < 4.78 is 27.6. The Bertz CT molecular complexity index is 210. The maximum Gasteiger partial charge on any atom is 0.530 e. The second kappa shape index (κ2) is 6.82. The molecule has 0 radical (unpaired) electrons. The molecular formula is C11H24O5Si. The van der Waals surface area contributed by atoms with Crippen LogP contribution < -0.4 is 0 Å². The lowest BCUT2D eigenvalue weighted by Crippen LogP contribution is -2.57. The number of hydrogen-bond donors (Lipinski definition) is 0. The van der Waals surface area contributed by atoms with Gasteiger partial charge in [0.1, 0.15) is 5.73 Å². The molecule has 0 saturated carbocycles. The lowest BCUT2D eigenvalue weighted by molar-refractivity contribution is -0.126. The average Bonchev–Trinajstić information content (AvgIpc) is 2.28. The molecule has 0 N–H and O–H groups in total. The van der Waals surface area contributed by atoms with E-state index in [9.17, 15) is 0 Å². The Morgan fingerprint density at radius 1 is 1.18 bits per heavy atom. The maximum absolute atomic E-state index is 6.05. The molecular weight excluding hydrogens is 240 g/mol. The fourth-order valence-electron chi connectivity index (χ4n) is 1.97. The molecule has 2 unspecified atom stereocenters. The molecule has 2 atom stereocenters. The van der Waals surface area contributed by atoms with Gasteiger partial charge >= 0.3 is 8.80 Å². The van der Waals surface area contributed by atoms with Crippen molar-refractivity contribution in [2.75, 3.05) is 34.5 Å². The molecule has 1 heterocycles. The second-order valence-electron chi connectivity index (χ2n) is 4.25. The van der Waals surface area contributed by atoms with Crippen LogP contribution in [0, 0.1) is 5.92 Å². The predicted octanol–water partition coefficient (Wildman–Crippen LogP) is 1.23. The van der Waals surface area contributed by atoms with Gasteiger partial charge < -0.3 is 22.8 Å². The molecule has 5 nitrogen and oxygen atoms in total. The van der Waals surface area contributed by atoms with Crippen LogP contribution in [-0.2, 0) is 22.8 Å². The Kier molecular flexibility index (Phi) is 6.05. The van der Waals surface area contributed by atoms with Crippen molar-refractivity contribution in [2.24, 2.45) is 5.92 Å². The highest BCUT2D eigenvalue weighted by molar-refractivity contribution is 6.62. The number of rotatable bonds is 8. The summed E-state index contributed by atoms with van der Waals surface area (Å²) in [6, 6.07) is 0. The van der Waals surface area contributed by atoms with E-state index in [1.165, 1.54) is 0 Å². The molecule has 102 valence electrons. The first-order chi connectivity index (χ1) is 8.13. The molecule has 1 aliphatic heterocycles. The third kappa shape index (κ3) is 3.27. The van der Waals surface area contributed by atoms with Crippen LogP contribution in [0.2, 0.25) is 0 Å². The third-order valence-electron chi connectivity index (χ3n) is 3.33. The highest BCUT2D eigenvalue weighted by Crippen LogP contribution is 2.24. The lowest BCUT2D eigenvalue weighted by atomic mass is 10.0. The van der Waals surface area contributed by atoms with Crippen molar-refractivity contribution in [3.8, 4) is 0 Å². The van der Waals surface area contributed by atoms with E-state index in [1.807, 2.05) is 6.92 Å². The molecule has 0 aromatic carbocycles. The van der Waals surface area contributed by atoms with Crippen LogP contribution in [0.4, 0.5) is 0 Å². The van der Waals surface area contributed by atoms with Gasteiger partial charge in [0.05, 0.1) is 19.3 Å². The Labute approximate surface area is 105 Å². The van der Waals surface area contributed by atoms with E-state index < -0.39 is 8.80 Å². The molecule has 0 aromatic rings.